The highest BCUT2D eigenvalue weighted by Crippen LogP contribution is 2.39. The van der Waals surface area contributed by atoms with Crippen LogP contribution < -0.4 is 10.5 Å². The van der Waals surface area contributed by atoms with Gasteiger partial charge in [-0.15, -0.1) is 0 Å². The fourth-order valence-electron chi connectivity index (χ4n) is 3.73. The Labute approximate surface area is 169 Å². The van der Waals surface area contributed by atoms with E-state index in [0.29, 0.717) is 44.7 Å². The minimum atomic E-state index is -0.694. The van der Waals surface area contributed by atoms with Gasteiger partial charge in [-0.2, -0.15) is 0 Å². The number of primary amides is 1. The summed E-state index contributed by atoms with van der Waals surface area (Å²) in [5, 5.41) is 0. The van der Waals surface area contributed by atoms with Crippen LogP contribution in [0.4, 0.5) is 4.79 Å². The molecule has 2 aromatic carbocycles. The summed E-state index contributed by atoms with van der Waals surface area (Å²) in [5.74, 6) is -0.331. The molecule has 1 spiro atoms. The number of rotatable bonds is 3. The number of amides is 2. The Kier molecular flexibility index (Phi) is 5.15. The van der Waals surface area contributed by atoms with Gasteiger partial charge in [0, 0.05) is 37.1 Å². The van der Waals surface area contributed by atoms with Crippen molar-refractivity contribution >= 4 is 12.0 Å². The first-order chi connectivity index (χ1) is 14.0. The Morgan fingerprint density at radius 2 is 1.79 bits per heavy atom. The number of nitrogens with two attached hydrogens (primary N) is 1. The number of hydrogen-bond acceptors (Lipinski definition) is 5. The summed E-state index contributed by atoms with van der Waals surface area (Å²) in [4.78, 5) is 24.8. The summed E-state index contributed by atoms with van der Waals surface area (Å²) in [6.07, 6.45) is 0.911. The normalized spacial score (nSPS) is 17.3. The van der Waals surface area contributed by atoms with E-state index >= 15 is 0 Å². The lowest BCUT2D eigenvalue weighted by molar-refractivity contribution is -0.226. The lowest BCUT2D eigenvalue weighted by atomic mass is 9.98. The summed E-state index contributed by atoms with van der Waals surface area (Å²) in [5.41, 5.74) is 8.76. The van der Waals surface area contributed by atoms with Gasteiger partial charge >= 0.3 is 6.09 Å². The molecule has 2 aliphatic rings. The molecule has 0 aliphatic carbocycles. The Morgan fingerprint density at radius 3 is 2.45 bits per heavy atom. The molecule has 0 bridgehead atoms. The van der Waals surface area contributed by atoms with E-state index in [1.54, 1.807) is 24.0 Å². The third kappa shape index (κ3) is 3.91. The van der Waals surface area contributed by atoms with E-state index in [1.807, 2.05) is 30.3 Å². The number of carbonyl (C=O) groups excluding carboxylic acids is 2. The van der Waals surface area contributed by atoms with Gasteiger partial charge in [0.05, 0.1) is 13.2 Å². The topological polar surface area (TPSA) is 91.1 Å². The maximum atomic E-state index is 11.9. The van der Waals surface area contributed by atoms with Crippen LogP contribution in [0.5, 0.6) is 5.75 Å². The highest BCUT2D eigenvalue weighted by molar-refractivity contribution is 5.93. The van der Waals surface area contributed by atoms with Gasteiger partial charge in [0.25, 0.3) is 0 Å². The number of likely N-dealkylation sites (tertiary alicyclic amines) is 1. The molecule has 7 heteroatoms. The summed E-state index contributed by atoms with van der Waals surface area (Å²) in [7, 11) is 0. The molecule has 7 nitrogen and oxygen atoms in total. The van der Waals surface area contributed by atoms with Crippen molar-refractivity contribution in [3.63, 3.8) is 0 Å². The second kappa shape index (κ2) is 7.75. The molecule has 152 valence electrons. The molecular weight excluding hydrogens is 372 g/mol. The van der Waals surface area contributed by atoms with Gasteiger partial charge in [0.15, 0.2) is 0 Å². The molecule has 2 aliphatic heterocycles. The first-order valence-electron chi connectivity index (χ1n) is 9.77. The van der Waals surface area contributed by atoms with Crippen molar-refractivity contribution in [3.05, 3.63) is 53.6 Å². The van der Waals surface area contributed by atoms with Crippen molar-refractivity contribution in [1.29, 1.82) is 0 Å². The molecule has 1 saturated heterocycles. The molecule has 1 fully saturated rings. The maximum absolute atomic E-state index is 11.9. The number of piperidine rings is 1. The molecule has 0 aromatic heterocycles. The minimum Gasteiger partial charge on any atom is -0.462 e. The molecule has 2 aromatic rings. The van der Waals surface area contributed by atoms with Crippen LogP contribution in [0.25, 0.3) is 11.1 Å². The van der Waals surface area contributed by atoms with Crippen molar-refractivity contribution in [1.82, 2.24) is 4.90 Å². The number of nitrogens with zero attached hydrogens (tertiary/aromatic N) is 1. The Bertz CT molecular complexity index is 917. The Balaban J connectivity index is 1.46. The maximum Gasteiger partial charge on any atom is 0.409 e. The van der Waals surface area contributed by atoms with Gasteiger partial charge in [-0.3, -0.25) is 4.79 Å². The number of fused-ring (bicyclic) bond motifs is 1. The average molecular weight is 396 g/mol. The van der Waals surface area contributed by atoms with Gasteiger partial charge < -0.3 is 24.8 Å². The predicted molar refractivity (Wildman–Crippen MR) is 106 cm³/mol. The first kappa shape index (κ1) is 19.3. The van der Waals surface area contributed by atoms with E-state index in [1.165, 1.54) is 0 Å². The predicted octanol–water partition coefficient (Wildman–Crippen LogP) is 3.31. The van der Waals surface area contributed by atoms with E-state index < -0.39 is 11.7 Å². The lowest BCUT2D eigenvalue weighted by Gasteiger charge is -2.43. The minimum absolute atomic E-state index is 0.287. The molecule has 2 N–H and O–H groups in total. The van der Waals surface area contributed by atoms with Gasteiger partial charge in [-0.25, -0.2) is 4.79 Å². The summed E-state index contributed by atoms with van der Waals surface area (Å²) < 4.78 is 17.4. The lowest BCUT2D eigenvalue weighted by Crippen LogP contribution is -2.52. The van der Waals surface area contributed by atoms with Crippen molar-refractivity contribution < 1.29 is 23.8 Å². The van der Waals surface area contributed by atoms with Crippen LogP contribution in [0.2, 0.25) is 0 Å². The van der Waals surface area contributed by atoms with E-state index in [4.69, 9.17) is 19.9 Å². The smallest absolute Gasteiger partial charge is 0.409 e. The van der Waals surface area contributed by atoms with E-state index in [9.17, 15) is 9.59 Å². The average Bonchev–Trinajstić information content (AvgIpc) is 2.74. The van der Waals surface area contributed by atoms with Crippen molar-refractivity contribution in [2.45, 2.75) is 32.2 Å². The summed E-state index contributed by atoms with van der Waals surface area (Å²) in [6, 6.07) is 13.2. The van der Waals surface area contributed by atoms with Crippen molar-refractivity contribution in [3.8, 4) is 16.9 Å². The van der Waals surface area contributed by atoms with Gasteiger partial charge in [-0.1, -0.05) is 18.2 Å². The molecule has 29 heavy (non-hydrogen) atoms. The third-order valence-electron chi connectivity index (χ3n) is 5.40. The van der Waals surface area contributed by atoms with Crippen LogP contribution in [0.1, 0.15) is 35.7 Å². The van der Waals surface area contributed by atoms with Gasteiger partial charge in [0.1, 0.15) is 5.75 Å². The molecule has 0 atom stereocenters. The SMILES string of the molecule is CCOC(=O)N1CCC2(CC1)OCc1cc(-c3ccc(C(N)=O)cc3)ccc1O2. The van der Waals surface area contributed by atoms with Crippen LogP contribution >= 0.6 is 0 Å². The molecular formula is C22H24N2O5. The highest BCUT2D eigenvalue weighted by atomic mass is 16.7. The summed E-state index contributed by atoms with van der Waals surface area (Å²) in [6.45, 7) is 3.70. The molecule has 4 rings (SSSR count). The fourth-order valence-corrected chi connectivity index (χ4v) is 3.73. The second-order valence-corrected chi connectivity index (χ2v) is 7.25. The number of benzene rings is 2. The van der Waals surface area contributed by atoms with Crippen molar-refractivity contribution in [2.24, 2.45) is 5.73 Å². The van der Waals surface area contributed by atoms with Gasteiger partial charge in [-0.05, 0) is 42.3 Å². The third-order valence-corrected chi connectivity index (χ3v) is 5.40. The van der Waals surface area contributed by atoms with Crippen LogP contribution in [-0.4, -0.2) is 42.4 Å². The number of hydrogen-bond donors (Lipinski definition) is 1. The monoisotopic (exact) mass is 396 g/mol. The van der Waals surface area contributed by atoms with E-state index in [2.05, 4.69) is 0 Å². The standard InChI is InChI=1S/C22H24N2O5/c1-2-27-21(26)24-11-9-22(10-12-24)28-14-18-13-17(7-8-19(18)29-22)15-3-5-16(6-4-15)20(23)25/h3-8,13H,2,9-12,14H2,1H3,(H2,23,25). The Morgan fingerprint density at radius 1 is 1.10 bits per heavy atom. The van der Waals surface area contributed by atoms with Crippen molar-refractivity contribution in [2.75, 3.05) is 19.7 Å². The summed E-state index contributed by atoms with van der Waals surface area (Å²) >= 11 is 0. The zero-order valence-electron chi connectivity index (χ0n) is 16.3. The molecule has 2 heterocycles. The fraction of sp³-hybridized carbons (Fsp3) is 0.364. The number of carbonyl (C=O) groups is 2. The number of ether oxygens (including phenoxy) is 3. The molecule has 2 amide bonds. The molecule has 0 radical (unpaired) electrons. The molecule has 0 saturated carbocycles. The van der Waals surface area contributed by atoms with E-state index in [0.717, 1.165) is 22.4 Å². The van der Waals surface area contributed by atoms with E-state index in [-0.39, 0.29) is 6.09 Å². The van der Waals surface area contributed by atoms with Crippen LogP contribution in [0.15, 0.2) is 42.5 Å². The van der Waals surface area contributed by atoms with Crippen LogP contribution in [-0.2, 0) is 16.1 Å². The molecule has 0 unspecified atom stereocenters. The quantitative estimate of drug-likeness (QED) is 0.859. The van der Waals surface area contributed by atoms with Crippen LogP contribution in [0, 0.1) is 0 Å². The first-order valence-corrected chi connectivity index (χ1v) is 9.77. The largest absolute Gasteiger partial charge is 0.462 e. The Hall–Kier alpha value is -3.06. The van der Waals surface area contributed by atoms with Crippen LogP contribution in [0.3, 0.4) is 0 Å². The second-order valence-electron chi connectivity index (χ2n) is 7.25. The van der Waals surface area contributed by atoms with Gasteiger partial charge in [0.2, 0.25) is 11.7 Å². The highest BCUT2D eigenvalue weighted by Gasteiger charge is 2.42. The zero-order chi connectivity index (χ0) is 20.4. The zero-order valence-corrected chi connectivity index (χ0v) is 16.3.